The zero-order valence-corrected chi connectivity index (χ0v) is 12.6. The van der Waals surface area contributed by atoms with Crippen LogP contribution in [0.2, 0.25) is 0 Å². The number of rotatable bonds is 4. The Hall–Kier alpha value is -3.54. The maximum absolute atomic E-state index is 12.4. The molecule has 0 fully saturated rings. The van der Waals surface area contributed by atoms with Crippen LogP contribution in [0, 0.1) is 0 Å². The van der Waals surface area contributed by atoms with Gasteiger partial charge < -0.3 is 11.1 Å². The van der Waals surface area contributed by atoms with Gasteiger partial charge in [-0.15, -0.1) is 0 Å². The van der Waals surface area contributed by atoms with E-state index in [0.717, 1.165) is 17.4 Å². The molecule has 0 atom stereocenters. The largest absolute Gasteiger partial charge is 0.383 e. The third-order valence-corrected chi connectivity index (χ3v) is 3.48. The number of amides is 1. The van der Waals surface area contributed by atoms with Crippen molar-refractivity contribution in [2.45, 2.75) is 0 Å². The molecule has 0 radical (unpaired) electrons. The van der Waals surface area contributed by atoms with E-state index in [1.54, 1.807) is 61.1 Å². The van der Waals surface area contributed by atoms with Crippen molar-refractivity contribution in [1.82, 2.24) is 9.97 Å². The van der Waals surface area contributed by atoms with Crippen LogP contribution in [-0.4, -0.2) is 22.2 Å². The number of aromatic nitrogens is 2. The summed E-state index contributed by atoms with van der Waals surface area (Å²) < 4.78 is 0. The van der Waals surface area contributed by atoms with E-state index in [1.807, 2.05) is 0 Å². The number of benzene rings is 1. The zero-order chi connectivity index (χ0) is 16.9. The van der Waals surface area contributed by atoms with Crippen LogP contribution in [0.15, 0.2) is 61.1 Å². The topological polar surface area (TPSA) is 98.0 Å². The lowest BCUT2D eigenvalue weighted by Gasteiger charge is -2.09. The minimum Gasteiger partial charge on any atom is -0.383 e. The maximum Gasteiger partial charge on any atom is 0.259 e. The van der Waals surface area contributed by atoms with Crippen LogP contribution in [0.25, 0.3) is 11.1 Å². The molecule has 0 aliphatic rings. The van der Waals surface area contributed by atoms with Gasteiger partial charge in [0.1, 0.15) is 12.1 Å². The van der Waals surface area contributed by atoms with Crippen LogP contribution < -0.4 is 11.1 Å². The monoisotopic (exact) mass is 318 g/mol. The molecular formula is C18H14N4O2. The highest BCUT2D eigenvalue weighted by Gasteiger charge is 2.13. The van der Waals surface area contributed by atoms with Crippen molar-refractivity contribution in [3.63, 3.8) is 0 Å². The second-order valence-electron chi connectivity index (χ2n) is 5.09. The molecule has 0 bridgehead atoms. The Bertz CT molecular complexity index is 877. The highest BCUT2D eigenvalue weighted by molar-refractivity contribution is 6.07. The van der Waals surface area contributed by atoms with E-state index in [4.69, 9.17) is 5.73 Å². The van der Waals surface area contributed by atoms with Crippen LogP contribution in [0.4, 0.5) is 11.5 Å². The van der Waals surface area contributed by atoms with Crippen molar-refractivity contribution < 1.29 is 9.59 Å². The summed E-state index contributed by atoms with van der Waals surface area (Å²) in [6.07, 6.45) is 5.54. The fourth-order valence-corrected chi connectivity index (χ4v) is 2.20. The summed E-state index contributed by atoms with van der Waals surface area (Å²) in [7, 11) is 0. The fourth-order valence-electron chi connectivity index (χ4n) is 2.20. The second kappa shape index (κ2) is 6.70. The van der Waals surface area contributed by atoms with Crippen LogP contribution in [0.1, 0.15) is 20.7 Å². The number of carbonyl (C=O) groups is 2. The Morgan fingerprint density at radius 2 is 1.75 bits per heavy atom. The molecule has 2 aromatic heterocycles. The summed E-state index contributed by atoms with van der Waals surface area (Å²) >= 11 is 0. The number of nitrogens with one attached hydrogen (secondary N) is 1. The molecule has 1 aromatic carbocycles. The lowest BCUT2D eigenvalue weighted by Crippen LogP contribution is -2.15. The van der Waals surface area contributed by atoms with E-state index in [0.29, 0.717) is 11.3 Å². The van der Waals surface area contributed by atoms with Gasteiger partial charge in [-0.05, 0) is 23.8 Å². The fraction of sp³-hybridized carbons (Fsp3) is 0. The van der Waals surface area contributed by atoms with Crippen molar-refractivity contribution in [3.05, 3.63) is 72.2 Å². The third-order valence-electron chi connectivity index (χ3n) is 3.48. The van der Waals surface area contributed by atoms with E-state index < -0.39 is 0 Å². The number of nitrogens with zero attached hydrogens (tertiary/aromatic N) is 2. The van der Waals surface area contributed by atoms with Crippen molar-refractivity contribution in [3.8, 4) is 11.1 Å². The van der Waals surface area contributed by atoms with Gasteiger partial charge in [-0.2, -0.15) is 0 Å². The van der Waals surface area contributed by atoms with Gasteiger partial charge in [0.15, 0.2) is 0 Å². The van der Waals surface area contributed by atoms with Gasteiger partial charge in [0.2, 0.25) is 0 Å². The summed E-state index contributed by atoms with van der Waals surface area (Å²) in [5, 5.41) is 2.75. The predicted octanol–water partition coefficient (Wildman–Crippen LogP) is 2.79. The molecular weight excluding hydrogens is 304 g/mol. The lowest BCUT2D eigenvalue weighted by molar-refractivity contribution is 0.102. The summed E-state index contributed by atoms with van der Waals surface area (Å²) in [5.41, 5.74) is 8.90. The Morgan fingerprint density at radius 3 is 2.42 bits per heavy atom. The Balaban J connectivity index is 1.90. The molecule has 0 unspecified atom stereocenters. The molecule has 0 saturated heterocycles. The van der Waals surface area contributed by atoms with Gasteiger partial charge in [-0.3, -0.25) is 14.6 Å². The van der Waals surface area contributed by atoms with Gasteiger partial charge in [-0.1, -0.05) is 24.3 Å². The second-order valence-corrected chi connectivity index (χ2v) is 5.09. The standard InChI is InChI=1S/C18H14N4O2/c19-17-16(18(24)22-15-5-7-20-8-6-15)9-14(10-21-17)13-3-1-12(11-23)2-4-13/h1-11H,(H2,19,21)(H,20,22,24). The number of aldehydes is 1. The highest BCUT2D eigenvalue weighted by atomic mass is 16.1. The lowest BCUT2D eigenvalue weighted by atomic mass is 10.0. The third kappa shape index (κ3) is 3.27. The minimum absolute atomic E-state index is 0.148. The van der Waals surface area contributed by atoms with Crippen LogP contribution >= 0.6 is 0 Å². The zero-order valence-electron chi connectivity index (χ0n) is 12.6. The Morgan fingerprint density at radius 1 is 1.04 bits per heavy atom. The number of carbonyl (C=O) groups excluding carboxylic acids is 2. The van der Waals surface area contributed by atoms with Crippen LogP contribution in [0.3, 0.4) is 0 Å². The number of hydrogen-bond acceptors (Lipinski definition) is 5. The normalized spacial score (nSPS) is 10.2. The van der Waals surface area contributed by atoms with Gasteiger partial charge in [0, 0.05) is 35.4 Å². The van der Waals surface area contributed by atoms with Crippen molar-refractivity contribution in [2.75, 3.05) is 11.1 Å². The average Bonchev–Trinajstić information content (AvgIpc) is 2.63. The molecule has 3 aromatic rings. The number of hydrogen-bond donors (Lipinski definition) is 2. The molecule has 118 valence electrons. The minimum atomic E-state index is -0.349. The molecule has 3 N–H and O–H groups in total. The van der Waals surface area contributed by atoms with E-state index in [2.05, 4.69) is 15.3 Å². The quantitative estimate of drug-likeness (QED) is 0.721. The Labute approximate surface area is 138 Å². The summed E-state index contributed by atoms with van der Waals surface area (Å²) in [5.74, 6) is -0.202. The molecule has 3 rings (SSSR count). The molecule has 24 heavy (non-hydrogen) atoms. The van der Waals surface area contributed by atoms with E-state index in [-0.39, 0.29) is 17.3 Å². The first-order valence-electron chi connectivity index (χ1n) is 7.20. The SMILES string of the molecule is Nc1ncc(-c2ccc(C=O)cc2)cc1C(=O)Nc1ccncc1. The number of pyridine rings is 2. The predicted molar refractivity (Wildman–Crippen MR) is 91.7 cm³/mol. The van der Waals surface area contributed by atoms with Gasteiger partial charge in [0.25, 0.3) is 5.91 Å². The number of nitrogens with two attached hydrogens (primary N) is 1. The van der Waals surface area contributed by atoms with Crippen molar-refractivity contribution >= 4 is 23.7 Å². The molecule has 1 amide bonds. The van der Waals surface area contributed by atoms with Crippen LogP contribution in [-0.2, 0) is 0 Å². The average molecular weight is 318 g/mol. The molecule has 2 heterocycles. The highest BCUT2D eigenvalue weighted by Crippen LogP contribution is 2.23. The van der Waals surface area contributed by atoms with Crippen LogP contribution in [0.5, 0.6) is 0 Å². The van der Waals surface area contributed by atoms with Gasteiger partial charge in [0.05, 0.1) is 5.56 Å². The molecule has 6 heteroatoms. The molecule has 6 nitrogen and oxygen atoms in total. The summed E-state index contributed by atoms with van der Waals surface area (Å²) in [4.78, 5) is 31.1. The van der Waals surface area contributed by atoms with Gasteiger partial charge in [-0.25, -0.2) is 4.98 Å². The summed E-state index contributed by atoms with van der Waals surface area (Å²) in [6.45, 7) is 0. The number of nitrogen functional groups attached to an aromatic ring is 1. The van der Waals surface area contributed by atoms with E-state index in [9.17, 15) is 9.59 Å². The first-order chi connectivity index (χ1) is 11.7. The maximum atomic E-state index is 12.4. The molecule has 0 aliphatic heterocycles. The summed E-state index contributed by atoms with van der Waals surface area (Å²) in [6, 6.07) is 12.0. The van der Waals surface area contributed by atoms with Crippen molar-refractivity contribution in [2.24, 2.45) is 0 Å². The molecule has 0 spiro atoms. The van der Waals surface area contributed by atoms with Crippen molar-refractivity contribution in [1.29, 1.82) is 0 Å². The molecule has 0 aliphatic carbocycles. The smallest absolute Gasteiger partial charge is 0.259 e. The first-order valence-corrected chi connectivity index (χ1v) is 7.20. The van der Waals surface area contributed by atoms with E-state index >= 15 is 0 Å². The Kier molecular flexibility index (Phi) is 4.29. The first kappa shape index (κ1) is 15.4. The van der Waals surface area contributed by atoms with E-state index in [1.165, 1.54) is 0 Å². The van der Waals surface area contributed by atoms with Gasteiger partial charge >= 0.3 is 0 Å². The molecule has 0 saturated carbocycles. The number of anilines is 2.